The van der Waals surface area contributed by atoms with Gasteiger partial charge in [-0.1, -0.05) is 18.2 Å². The van der Waals surface area contributed by atoms with E-state index in [9.17, 15) is 9.59 Å². The summed E-state index contributed by atoms with van der Waals surface area (Å²) in [6, 6.07) is 13.9. The van der Waals surface area contributed by atoms with Crippen LogP contribution < -0.4 is 4.90 Å². The first kappa shape index (κ1) is 23.3. The van der Waals surface area contributed by atoms with Gasteiger partial charge in [-0.25, -0.2) is 9.78 Å². The summed E-state index contributed by atoms with van der Waals surface area (Å²) in [4.78, 5) is 45.6. The number of ether oxygens (including phenoxy) is 1. The first-order valence-corrected chi connectivity index (χ1v) is 12.5. The summed E-state index contributed by atoms with van der Waals surface area (Å²) in [6.07, 6.45) is 5.06. The topological polar surface area (TPSA) is 91.8 Å². The number of hydrogen-bond acceptors (Lipinski definition) is 6. The van der Waals surface area contributed by atoms with Crippen LogP contribution in [0.4, 0.5) is 10.5 Å². The summed E-state index contributed by atoms with van der Waals surface area (Å²) in [5, 5.41) is 1.04. The highest BCUT2D eigenvalue weighted by molar-refractivity contribution is 6.04. The van der Waals surface area contributed by atoms with Gasteiger partial charge in [0.2, 0.25) is 5.91 Å². The Hall–Kier alpha value is -4.11. The van der Waals surface area contributed by atoms with Crippen molar-refractivity contribution in [3.05, 3.63) is 60.4 Å². The van der Waals surface area contributed by atoms with Gasteiger partial charge in [-0.15, -0.1) is 0 Å². The fraction of sp³-hybridized carbons (Fsp3) is 0.321. The van der Waals surface area contributed by atoms with Crippen molar-refractivity contribution in [2.45, 2.75) is 25.4 Å². The van der Waals surface area contributed by atoms with Crippen molar-refractivity contribution in [3.63, 3.8) is 0 Å². The molecule has 5 heterocycles. The Labute approximate surface area is 214 Å². The molecule has 0 saturated carbocycles. The Morgan fingerprint density at radius 3 is 2.65 bits per heavy atom. The first-order chi connectivity index (χ1) is 18.0. The molecular formula is C28H28N6O3. The minimum Gasteiger partial charge on any atom is -0.375 e. The van der Waals surface area contributed by atoms with E-state index in [1.165, 1.54) is 7.11 Å². The van der Waals surface area contributed by atoms with Gasteiger partial charge in [0.05, 0.1) is 29.0 Å². The lowest BCUT2D eigenvalue weighted by atomic mass is 9.99. The molecule has 2 aliphatic rings. The molecule has 0 atom stereocenters. The standard InChI is InChI=1S/C28H28N6O3/c1-32-16-20-15-30-24-8-7-23(19-13-18-5-3-4-6-22(18)29-14-19)31-26(24)27(20)34(28(32)36)21-9-11-33(12-10-21)25(35)17-37-2/h3-8,13-15,21H,9-12,16-17H2,1-2H3. The predicted molar refractivity (Wildman–Crippen MR) is 141 cm³/mol. The van der Waals surface area contributed by atoms with E-state index in [0.29, 0.717) is 38.0 Å². The molecule has 2 aliphatic heterocycles. The summed E-state index contributed by atoms with van der Waals surface area (Å²) in [6.45, 7) is 1.72. The van der Waals surface area contributed by atoms with E-state index in [-0.39, 0.29) is 24.6 Å². The third kappa shape index (κ3) is 4.15. The lowest BCUT2D eigenvalue weighted by Gasteiger charge is -2.43. The van der Waals surface area contributed by atoms with Gasteiger partial charge in [0.1, 0.15) is 12.1 Å². The van der Waals surface area contributed by atoms with E-state index in [1.807, 2.05) is 65.6 Å². The Kier molecular flexibility index (Phi) is 5.92. The number of carbonyl (C=O) groups is 2. The number of para-hydroxylation sites is 1. The minimum absolute atomic E-state index is 0.0200. The SMILES string of the molecule is COCC(=O)N1CCC(N2C(=O)N(C)Cc3cnc4ccc(-c5cnc6ccccc6c5)nc4c32)CC1. The van der Waals surface area contributed by atoms with Crippen LogP contribution in [-0.4, -0.2) is 76.6 Å². The summed E-state index contributed by atoms with van der Waals surface area (Å²) in [5.41, 5.74) is 5.87. The number of piperidine rings is 1. The van der Waals surface area contributed by atoms with Crippen LogP contribution in [-0.2, 0) is 16.1 Å². The van der Waals surface area contributed by atoms with E-state index >= 15 is 0 Å². The van der Waals surface area contributed by atoms with Gasteiger partial charge < -0.3 is 14.5 Å². The van der Waals surface area contributed by atoms with Crippen LogP contribution in [0, 0.1) is 0 Å². The van der Waals surface area contributed by atoms with Crippen molar-refractivity contribution in [2.75, 3.05) is 38.8 Å². The fourth-order valence-corrected chi connectivity index (χ4v) is 5.38. The Bertz CT molecular complexity index is 1510. The van der Waals surface area contributed by atoms with Gasteiger partial charge in [-0.3, -0.25) is 19.7 Å². The maximum absolute atomic E-state index is 13.5. The maximum Gasteiger partial charge on any atom is 0.324 e. The Morgan fingerprint density at radius 1 is 1.05 bits per heavy atom. The summed E-state index contributed by atoms with van der Waals surface area (Å²) in [5.74, 6) is -0.0200. The van der Waals surface area contributed by atoms with Crippen molar-refractivity contribution in [3.8, 4) is 11.3 Å². The van der Waals surface area contributed by atoms with Gasteiger partial charge in [0.25, 0.3) is 0 Å². The van der Waals surface area contributed by atoms with Crippen LogP contribution in [0.15, 0.2) is 54.9 Å². The van der Waals surface area contributed by atoms with E-state index in [0.717, 1.165) is 38.9 Å². The zero-order valence-electron chi connectivity index (χ0n) is 20.9. The minimum atomic E-state index is -0.0544. The number of rotatable bonds is 4. The van der Waals surface area contributed by atoms with Crippen LogP contribution in [0.5, 0.6) is 0 Å². The molecule has 9 nitrogen and oxygen atoms in total. The lowest BCUT2D eigenvalue weighted by Crippen LogP contribution is -2.54. The Morgan fingerprint density at radius 2 is 1.84 bits per heavy atom. The number of likely N-dealkylation sites (tertiary alicyclic amines) is 1. The van der Waals surface area contributed by atoms with Gasteiger partial charge in [-0.2, -0.15) is 0 Å². The molecule has 0 radical (unpaired) electrons. The quantitative estimate of drug-likeness (QED) is 0.426. The molecule has 3 amide bonds. The summed E-state index contributed by atoms with van der Waals surface area (Å²) < 4.78 is 5.02. The van der Waals surface area contributed by atoms with Crippen LogP contribution in [0.1, 0.15) is 18.4 Å². The molecule has 37 heavy (non-hydrogen) atoms. The number of anilines is 1. The molecule has 1 aromatic carbocycles. The van der Waals surface area contributed by atoms with E-state index < -0.39 is 0 Å². The van der Waals surface area contributed by atoms with E-state index in [2.05, 4.69) is 16.0 Å². The van der Waals surface area contributed by atoms with E-state index in [1.54, 1.807) is 4.90 Å². The molecule has 9 heteroatoms. The van der Waals surface area contributed by atoms with Crippen molar-refractivity contribution in [1.29, 1.82) is 0 Å². The molecule has 1 fully saturated rings. The van der Waals surface area contributed by atoms with Gasteiger partial charge in [0.15, 0.2) is 0 Å². The largest absolute Gasteiger partial charge is 0.375 e. The average Bonchev–Trinajstić information content (AvgIpc) is 2.93. The summed E-state index contributed by atoms with van der Waals surface area (Å²) in [7, 11) is 3.34. The fourth-order valence-electron chi connectivity index (χ4n) is 5.38. The molecule has 188 valence electrons. The second-order valence-corrected chi connectivity index (χ2v) is 9.67. The van der Waals surface area contributed by atoms with Gasteiger partial charge >= 0.3 is 6.03 Å². The van der Waals surface area contributed by atoms with Crippen LogP contribution >= 0.6 is 0 Å². The number of pyridine rings is 3. The lowest BCUT2D eigenvalue weighted by molar-refractivity contribution is -0.136. The maximum atomic E-state index is 13.5. The van der Waals surface area contributed by atoms with Crippen molar-refractivity contribution in [1.82, 2.24) is 24.8 Å². The first-order valence-electron chi connectivity index (χ1n) is 12.5. The number of urea groups is 1. The van der Waals surface area contributed by atoms with E-state index in [4.69, 9.17) is 9.72 Å². The predicted octanol–water partition coefficient (Wildman–Crippen LogP) is 3.85. The number of aromatic nitrogens is 3. The molecule has 0 N–H and O–H groups in total. The third-order valence-corrected chi connectivity index (χ3v) is 7.28. The molecule has 0 aliphatic carbocycles. The number of fused-ring (bicyclic) bond motifs is 4. The van der Waals surface area contributed by atoms with Crippen LogP contribution in [0.2, 0.25) is 0 Å². The molecule has 3 aromatic heterocycles. The van der Waals surface area contributed by atoms with Crippen molar-refractivity contribution >= 4 is 39.6 Å². The summed E-state index contributed by atoms with van der Waals surface area (Å²) >= 11 is 0. The molecular weight excluding hydrogens is 468 g/mol. The number of nitrogens with zero attached hydrogens (tertiary/aromatic N) is 6. The zero-order valence-corrected chi connectivity index (χ0v) is 20.9. The molecule has 0 bridgehead atoms. The molecule has 6 rings (SSSR count). The highest BCUT2D eigenvalue weighted by Crippen LogP contribution is 2.38. The normalized spacial score (nSPS) is 16.5. The average molecular weight is 497 g/mol. The number of carbonyl (C=O) groups excluding carboxylic acids is 2. The second-order valence-electron chi connectivity index (χ2n) is 9.67. The van der Waals surface area contributed by atoms with Gasteiger partial charge in [0, 0.05) is 62.2 Å². The number of amides is 3. The molecule has 0 spiro atoms. The number of benzene rings is 1. The monoisotopic (exact) mass is 496 g/mol. The molecule has 0 unspecified atom stereocenters. The molecule has 1 saturated heterocycles. The third-order valence-electron chi connectivity index (χ3n) is 7.28. The number of hydrogen-bond donors (Lipinski definition) is 0. The molecule has 4 aromatic rings. The van der Waals surface area contributed by atoms with Crippen molar-refractivity contribution < 1.29 is 14.3 Å². The smallest absolute Gasteiger partial charge is 0.324 e. The van der Waals surface area contributed by atoms with Crippen LogP contribution in [0.3, 0.4) is 0 Å². The second kappa shape index (κ2) is 9.40. The van der Waals surface area contributed by atoms with Crippen LogP contribution in [0.25, 0.3) is 33.2 Å². The highest BCUT2D eigenvalue weighted by Gasteiger charge is 2.37. The number of methoxy groups -OCH3 is 1. The van der Waals surface area contributed by atoms with Crippen molar-refractivity contribution in [2.24, 2.45) is 0 Å². The van der Waals surface area contributed by atoms with Gasteiger partial charge in [-0.05, 0) is 37.1 Å². The zero-order chi connectivity index (χ0) is 25.5. The Balaban J connectivity index is 1.41. The highest BCUT2D eigenvalue weighted by atomic mass is 16.5.